The first-order valence-electron chi connectivity index (χ1n) is 9.18. The molecule has 140 valence electrons. The van der Waals surface area contributed by atoms with Crippen molar-refractivity contribution in [2.45, 2.75) is 12.6 Å². The van der Waals surface area contributed by atoms with E-state index in [-0.39, 0.29) is 12.5 Å². The van der Waals surface area contributed by atoms with Crippen molar-refractivity contribution in [3.63, 3.8) is 0 Å². The van der Waals surface area contributed by atoms with Gasteiger partial charge in [0.2, 0.25) is 5.66 Å². The zero-order chi connectivity index (χ0) is 19.6. The minimum absolute atomic E-state index is 0.202. The van der Waals surface area contributed by atoms with E-state index in [9.17, 15) is 9.59 Å². The van der Waals surface area contributed by atoms with Crippen LogP contribution in [0.4, 0.5) is 11.4 Å². The summed E-state index contributed by atoms with van der Waals surface area (Å²) in [5.74, 6) is -0.801. The van der Waals surface area contributed by atoms with E-state index in [0.717, 1.165) is 0 Å². The van der Waals surface area contributed by atoms with Gasteiger partial charge in [0, 0.05) is 16.9 Å². The second-order valence-electron chi connectivity index (χ2n) is 6.44. The number of para-hydroxylation sites is 2. The molecule has 1 heterocycles. The van der Waals surface area contributed by atoms with E-state index in [1.54, 1.807) is 19.1 Å². The van der Waals surface area contributed by atoms with Crippen LogP contribution in [0.1, 0.15) is 22.8 Å². The molecule has 5 heteroatoms. The lowest BCUT2D eigenvalue weighted by atomic mass is 9.91. The van der Waals surface area contributed by atoms with Gasteiger partial charge in [-0.3, -0.25) is 9.69 Å². The first-order valence-corrected chi connectivity index (χ1v) is 9.18. The predicted molar refractivity (Wildman–Crippen MR) is 108 cm³/mol. The van der Waals surface area contributed by atoms with Crippen LogP contribution >= 0.6 is 0 Å². The Balaban J connectivity index is 2.02. The van der Waals surface area contributed by atoms with Crippen molar-refractivity contribution in [2.75, 3.05) is 16.8 Å². The molecule has 1 atom stereocenters. The number of carbonyl (C=O) groups excluding carboxylic acids is 2. The van der Waals surface area contributed by atoms with E-state index in [1.807, 2.05) is 72.8 Å². The maximum absolute atomic E-state index is 13.6. The normalized spacial score (nSPS) is 18.2. The Morgan fingerprint density at radius 3 is 2.21 bits per heavy atom. The number of nitrogens with zero attached hydrogens (tertiary/aromatic N) is 1. The Labute approximate surface area is 163 Å². The molecule has 0 unspecified atom stereocenters. The van der Waals surface area contributed by atoms with Crippen LogP contribution in [0.3, 0.4) is 0 Å². The summed E-state index contributed by atoms with van der Waals surface area (Å²) in [6.07, 6.45) is 0. The second-order valence-corrected chi connectivity index (χ2v) is 6.44. The number of benzene rings is 3. The highest BCUT2D eigenvalue weighted by molar-refractivity contribution is 6.17. The monoisotopic (exact) mass is 372 g/mol. The summed E-state index contributed by atoms with van der Waals surface area (Å²) < 4.78 is 5.46. The van der Waals surface area contributed by atoms with Crippen molar-refractivity contribution in [3.05, 3.63) is 96.1 Å². The molecule has 1 aliphatic rings. The van der Waals surface area contributed by atoms with Gasteiger partial charge in [0.25, 0.3) is 5.91 Å². The summed E-state index contributed by atoms with van der Waals surface area (Å²) in [6.45, 7) is 1.95. The van der Waals surface area contributed by atoms with Gasteiger partial charge in [-0.1, -0.05) is 60.7 Å². The van der Waals surface area contributed by atoms with Crippen LogP contribution in [0.15, 0.2) is 84.9 Å². The van der Waals surface area contributed by atoms with Crippen LogP contribution in [0.25, 0.3) is 0 Å². The molecule has 0 aliphatic carbocycles. The largest absolute Gasteiger partial charge is 0.463 e. The lowest BCUT2D eigenvalue weighted by molar-refractivity contribution is -0.148. The van der Waals surface area contributed by atoms with Crippen molar-refractivity contribution >= 4 is 23.3 Å². The number of nitrogens with one attached hydrogen (secondary N) is 1. The topological polar surface area (TPSA) is 58.6 Å². The van der Waals surface area contributed by atoms with Gasteiger partial charge in [-0.15, -0.1) is 0 Å². The summed E-state index contributed by atoms with van der Waals surface area (Å²) in [6, 6.07) is 25.5. The van der Waals surface area contributed by atoms with Gasteiger partial charge in [0.15, 0.2) is 0 Å². The van der Waals surface area contributed by atoms with Gasteiger partial charge in [-0.25, -0.2) is 4.79 Å². The van der Waals surface area contributed by atoms with Crippen LogP contribution in [0.5, 0.6) is 0 Å². The number of esters is 1. The van der Waals surface area contributed by atoms with Crippen molar-refractivity contribution in [1.29, 1.82) is 0 Å². The Morgan fingerprint density at radius 1 is 0.929 bits per heavy atom. The van der Waals surface area contributed by atoms with E-state index in [1.165, 1.54) is 4.90 Å². The molecule has 0 saturated heterocycles. The number of anilines is 2. The van der Waals surface area contributed by atoms with Gasteiger partial charge in [0.1, 0.15) is 0 Å². The standard InChI is InChI=1S/C23H20N2O3/c1-2-28-22(27)23(17-11-5-3-6-12-17)24-20-16-10-9-15-19(20)21(26)25(23)18-13-7-4-8-14-18/h3-16,24H,2H2,1H3/t23-/m1/s1. The first-order chi connectivity index (χ1) is 13.7. The molecule has 3 aromatic rings. The summed E-state index contributed by atoms with van der Waals surface area (Å²) in [5.41, 5.74) is 0.815. The quantitative estimate of drug-likeness (QED) is 0.698. The van der Waals surface area contributed by atoms with E-state index >= 15 is 0 Å². The minimum atomic E-state index is -1.51. The Morgan fingerprint density at radius 2 is 1.54 bits per heavy atom. The minimum Gasteiger partial charge on any atom is -0.463 e. The molecular formula is C23H20N2O3. The van der Waals surface area contributed by atoms with Crippen molar-refractivity contribution in [1.82, 2.24) is 0 Å². The van der Waals surface area contributed by atoms with Gasteiger partial charge >= 0.3 is 5.97 Å². The molecule has 0 fully saturated rings. The Bertz CT molecular complexity index is 1000. The highest BCUT2D eigenvalue weighted by atomic mass is 16.5. The molecule has 1 N–H and O–H groups in total. The molecule has 5 nitrogen and oxygen atoms in total. The zero-order valence-corrected chi connectivity index (χ0v) is 15.5. The molecule has 4 rings (SSSR count). The highest BCUT2D eigenvalue weighted by Crippen LogP contribution is 2.41. The third-order valence-corrected chi connectivity index (χ3v) is 4.79. The van der Waals surface area contributed by atoms with Gasteiger partial charge in [-0.2, -0.15) is 0 Å². The lowest BCUT2D eigenvalue weighted by Crippen LogP contribution is -2.63. The fraction of sp³-hybridized carbons (Fsp3) is 0.130. The van der Waals surface area contributed by atoms with Gasteiger partial charge in [-0.05, 0) is 31.2 Å². The van der Waals surface area contributed by atoms with Crippen LogP contribution in [-0.2, 0) is 15.2 Å². The van der Waals surface area contributed by atoms with Crippen LogP contribution in [0, 0.1) is 0 Å². The second kappa shape index (κ2) is 7.19. The van der Waals surface area contributed by atoms with E-state index in [0.29, 0.717) is 22.5 Å². The third kappa shape index (κ3) is 2.72. The molecule has 0 radical (unpaired) electrons. The van der Waals surface area contributed by atoms with Crippen LogP contribution in [0.2, 0.25) is 0 Å². The zero-order valence-electron chi connectivity index (χ0n) is 15.5. The van der Waals surface area contributed by atoms with Crippen molar-refractivity contribution < 1.29 is 14.3 Å². The SMILES string of the molecule is CCOC(=O)[C@]1(c2ccccc2)Nc2ccccc2C(=O)N1c1ccccc1. The van der Waals surface area contributed by atoms with Crippen molar-refractivity contribution in [3.8, 4) is 0 Å². The molecule has 1 aliphatic heterocycles. The molecule has 0 bridgehead atoms. The molecule has 0 saturated carbocycles. The lowest BCUT2D eigenvalue weighted by Gasteiger charge is -2.46. The molecular weight excluding hydrogens is 352 g/mol. The maximum Gasteiger partial charge on any atom is 0.358 e. The fourth-order valence-electron chi connectivity index (χ4n) is 3.57. The molecule has 28 heavy (non-hydrogen) atoms. The van der Waals surface area contributed by atoms with E-state index in [4.69, 9.17) is 4.74 Å². The number of hydrogen-bond acceptors (Lipinski definition) is 4. The summed E-state index contributed by atoms with van der Waals surface area (Å²) in [7, 11) is 0. The fourth-order valence-corrected chi connectivity index (χ4v) is 3.57. The van der Waals surface area contributed by atoms with Crippen molar-refractivity contribution in [2.24, 2.45) is 0 Å². The average Bonchev–Trinajstić information content (AvgIpc) is 2.75. The predicted octanol–water partition coefficient (Wildman–Crippen LogP) is 4.18. The number of amides is 1. The molecule has 0 spiro atoms. The Kier molecular flexibility index (Phi) is 4.57. The molecule has 3 aromatic carbocycles. The summed E-state index contributed by atoms with van der Waals surface area (Å²) in [5, 5.41) is 3.32. The summed E-state index contributed by atoms with van der Waals surface area (Å²) in [4.78, 5) is 28.5. The number of fused-ring (bicyclic) bond motifs is 1. The maximum atomic E-state index is 13.6. The van der Waals surface area contributed by atoms with E-state index in [2.05, 4.69) is 5.32 Å². The smallest absolute Gasteiger partial charge is 0.358 e. The highest BCUT2D eigenvalue weighted by Gasteiger charge is 2.54. The van der Waals surface area contributed by atoms with Gasteiger partial charge < -0.3 is 10.1 Å². The molecule has 0 aromatic heterocycles. The number of hydrogen-bond donors (Lipinski definition) is 1. The number of carbonyl (C=O) groups is 2. The number of rotatable bonds is 4. The Hall–Kier alpha value is -3.60. The third-order valence-electron chi connectivity index (χ3n) is 4.79. The van der Waals surface area contributed by atoms with Crippen LogP contribution in [-0.4, -0.2) is 18.5 Å². The number of ether oxygens (including phenoxy) is 1. The van der Waals surface area contributed by atoms with E-state index < -0.39 is 11.6 Å². The first kappa shape index (κ1) is 17.8. The average molecular weight is 372 g/mol. The summed E-state index contributed by atoms with van der Waals surface area (Å²) >= 11 is 0. The molecule has 1 amide bonds. The van der Waals surface area contributed by atoms with Gasteiger partial charge in [0.05, 0.1) is 12.2 Å². The van der Waals surface area contributed by atoms with Crippen LogP contribution < -0.4 is 10.2 Å².